The normalized spacial score (nSPS) is 19.6. The highest BCUT2D eigenvalue weighted by molar-refractivity contribution is 6.31. The maximum atomic E-state index is 6.28. The van der Waals surface area contributed by atoms with Crippen molar-refractivity contribution in [3.05, 3.63) is 22.8 Å². The van der Waals surface area contributed by atoms with E-state index in [4.69, 9.17) is 16.6 Å². The van der Waals surface area contributed by atoms with Crippen LogP contribution in [-0.2, 0) is 6.54 Å². The molecule has 2 heterocycles. The Morgan fingerprint density at radius 3 is 2.80 bits per heavy atom. The molecule has 1 aromatic rings. The van der Waals surface area contributed by atoms with Crippen molar-refractivity contribution in [1.82, 2.24) is 10.3 Å². The summed E-state index contributed by atoms with van der Waals surface area (Å²) in [6, 6.07) is 4.66. The van der Waals surface area contributed by atoms with E-state index in [2.05, 4.69) is 44.0 Å². The summed E-state index contributed by atoms with van der Waals surface area (Å²) in [6.07, 6.45) is 3.72. The van der Waals surface area contributed by atoms with Gasteiger partial charge in [0.05, 0.1) is 10.7 Å². The van der Waals surface area contributed by atoms with Crippen LogP contribution in [0.15, 0.2) is 12.1 Å². The molecule has 0 radical (unpaired) electrons. The van der Waals surface area contributed by atoms with Gasteiger partial charge in [0.2, 0.25) is 0 Å². The monoisotopic (exact) mass is 295 g/mol. The summed E-state index contributed by atoms with van der Waals surface area (Å²) in [7, 11) is 0. The first-order valence-corrected chi connectivity index (χ1v) is 7.95. The quantitative estimate of drug-likeness (QED) is 0.910. The van der Waals surface area contributed by atoms with E-state index in [0.717, 1.165) is 23.1 Å². The van der Waals surface area contributed by atoms with Crippen LogP contribution in [0.25, 0.3) is 0 Å². The number of halogens is 1. The maximum Gasteiger partial charge on any atom is 0.129 e. The number of aromatic nitrogens is 1. The number of pyridine rings is 1. The van der Waals surface area contributed by atoms with Crippen LogP contribution in [0, 0.1) is 0 Å². The molecule has 1 unspecified atom stereocenters. The van der Waals surface area contributed by atoms with Crippen LogP contribution >= 0.6 is 11.6 Å². The molecule has 3 nitrogen and oxygen atoms in total. The molecule has 1 atom stereocenters. The van der Waals surface area contributed by atoms with Gasteiger partial charge in [-0.3, -0.25) is 0 Å². The van der Waals surface area contributed by atoms with E-state index in [9.17, 15) is 0 Å². The van der Waals surface area contributed by atoms with E-state index in [0.29, 0.717) is 12.6 Å². The second-order valence-electron chi connectivity index (χ2n) is 6.60. The Balaban J connectivity index is 2.15. The van der Waals surface area contributed by atoms with Gasteiger partial charge in [0.25, 0.3) is 0 Å². The molecular formula is C16H26ClN3. The molecule has 1 aliphatic rings. The Hall–Kier alpha value is -0.800. The molecule has 1 aromatic heterocycles. The van der Waals surface area contributed by atoms with Crippen molar-refractivity contribution < 1.29 is 0 Å². The zero-order valence-corrected chi connectivity index (χ0v) is 13.8. The highest BCUT2D eigenvalue weighted by atomic mass is 35.5. The standard InChI is InChI=1S/C16H26ClN3/c1-5-12-7-6-10-20(12)15-9-8-13(17)14(19-15)11-18-16(2,3)4/h8-9,12,18H,5-7,10-11H2,1-4H3. The zero-order valence-electron chi connectivity index (χ0n) is 13.0. The lowest BCUT2D eigenvalue weighted by Crippen LogP contribution is -2.35. The lowest BCUT2D eigenvalue weighted by atomic mass is 10.1. The number of anilines is 1. The molecule has 0 spiro atoms. The van der Waals surface area contributed by atoms with Crippen LogP contribution in [0.3, 0.4) is 0 Å². The van der Waals surface area contributed by atoms with Crippen molar-refractivity contribution in [2.45, 2.75) is 65.1 Å². The molecule has 1 N–H and O–H groups in total. The molecule has 0 aromatic carbocycles. The summed E-state index contributed by atoms with van der Waals surface area (Å²) in [4.78, 5) is 7.21. The Morgan fingerprint density at radius 2 is 2.15 bits per heavy atom. The van der Waals surface area contributed by atoms with Crippen molar-refractivity contribution in [2.24, 2.45) is 0 Å². The molecule has 112 valence electrons. The first-order valence-electron chi connectivity index (χ1n) is 7.58. The van der Waals surface area contributed by atoms with Crippen LogP contribution in [-0.4, -0.2) is 23.1 Å². The van der Waals surface area contributed by atoms with Crippen LogP contribution < -0.4 is 10.2 Å². The molecule has 4 heteroatoms. The number of rotatable bonds is 4. The fourth-order valence-corrected chi connectivity index (χ4v) is 2.84. The van der Waals surface area contributed by atoms with Gasteiger partial charge >= 0.3 is 0 Å². The number of nitrogens with zero attached hydrogens (tertiary/aromatic N) is 2. The summed E-state index contributed by atoms with van der Waals surface area (Å²) in [5.41, 5.74) is 1.02. The molecule has 1 aliphatic heterocycles. The highest BCUT2D eigenvalue weighted by Gasteiger charge is 2.24. The van der Waals surface area contributed by atoms with E-state index in [1.807, 2.05) is 6.07 Å². The third kappa shape index (κ3) is 3.86. The highest BCUT2D eigenvalue weighted by Crippen LogP contribution is 2.27. The van der Waals surface area contributed by atoms with Gasteiger partial charge in [-0.05, 0) is 52.2 Å². The van der Waals surface area contributed by atoms with Crippen molar-refractivity contribution in [2.75, 3.05) is 11.4 Å². The van der Waals surface area contributed by atoms with E-state index < -0.39 is 0 Å². The van der Waals surface area contributed by atoms with Gasteiger partial charge in [-0.1, -0.05) is 18.5 Å². The van der Waals surface area contributed by atoms with E-state index in [-0.39, 0.29) is 5.54 Å². The molecule has 0 amide bonds. The summed E-state index contributed by atoms with van der Waals surface area (Å²) < 4.78 is 0. The van der Waals surface area contributed by atoms with E-state index >= 15 is 0 Å². The zero-order chi connectivity index (χ0) is 14.8. The molecule has 1 fully saturated rings. The second-order valence-corrected chi connectivity index (χ2v) is 7.01. The fraction of sp³-hybridized carbons (Fsp3) is 0.688. The smallest absolute Gasteiger partial charge is 0.129 e. The number of nitrogens with one attached hydrogen (secondary N) is 1. The Morgan fingerprint density at radius 1 is 1.40 bits per heavy atom. The van der Waals surface area contributed by atoms with Crippen molar-refractivity contribution >= 4 is 17.4 Å². The molecule has 0 bridgehead atoms. The lowest BCUT2D eigenvalue weighted by Gasteiger charge is -2.26. The number of hydrogen-bond acceptors (Lipinski definition) is 3. The van der Waals surface area contributed by atoms with Crippen molar-refractivity contribution in [3.8, 4) is 0 Å². The Labute approximate surface area is 127 Å². The Bertz CT molecular complexity index is 454. The van der Waals surface area contributed by atoms with Gasteiger partial charge < -0.3 is 10.2 Å². The minimum absolute atomic E-state index is 0.0701. The van der Waals surface area contributed by atoms with Crippen LogP contribution in [0.1, 0.15) is 52.7 Å². The first kappa shape index (κ1) is 15.6. The second kappa shape index (κ2) is 6.31. The predicted molar refractivity (Wildman–Crippen MR) is 86.5 cm³/mol. The molecule has 0 aliphatic carbocycles. The largest absolute Gasteiger partial charge is 0.354 e. The third-order valence-electron chi connectivity index (χ3n) is 3.83. The topological polar surface area (TPSA) is 28.2 Å². The van der Waals surface area contributed by atoms with Gasteiger partial charge in [0.15, 0.2) is 0 Å². The van der Waals surface area contributed by atoms with Crippen LogP contribution in [0.2, 0.25) is 5.02 Å². The molecule has 0 saturated carbocycles. The first-order chi connectivity index (χ1) is 9.40. The summed E-state index contributed by atoms with van der Waals surface area (Å²) in [5, 5.41) is 4.20. The summed E-state index contributed by atoms with van der Waals surface area (Å²) in [5.74, 6) is 1.07. The fourth-order valence-electron chi connectivity index (χ4n) is 2.67. The predicted octanol–water partition coefficient (Wildman–Crippen LogP) is 4.00. The van der Waals surface area contributed by atoms with Crippen molar-refractivity contribution in [1.29, 1.82) is 0 Å². The van der Waals surface area contributed by atoms with E-state index in [1.54, 1.807) is 0 Å². The SMILES string of the molecule is CCC1CCCN1c1ccc(Cl)c(CNC(C)(C)C)n1. The summed E-state index contributed by atoms with van der Waals surface area (Å²) in [6.45, 7) is 10.5. The Kier molecular flexibility index (Phi) is 4.92. The molecule has 2 rings (SSSR count). The van der Waals surface area contributed by atoms with Gasteiger partial charge in [-0.2, -0.15) is 0 Å². The van der Waals surface area contributed by atoms with E-state index in [1.165, 1.54) is 19.3 Å². The minimum atomic E-state index is 0.0701. The van der Waals surface area contributed by atoms with Crippen molar-refractivity contribution in [3.63, 3.8) is 0 Å². The van der Waals surface area contributed by atoms with Crippen LogP contribution in [0.5, 0.6) is 0 Å². The van der Waals surface area contributed by atoms with Gasteiger partial charge in [0.1, 0.15) is 5.82 Å². The lowest BCUT2D eigenvalue weighted by molar-refractivity contribution is 0.421. The average Bonchev–Trinajstić information content (AvgIpc) is 2.85. The number of hydrogen-bond donors (Lipinski definition) is 1. The van der Waals surface area contributed by atoms with Crippen LogP contribution in [0.4, 0.5) is 5.82 Å². The van der Waals surface area contributed by atoms with Gasteiger partial charge in [0, 0.05) is 24.7 Å². The molecular weight excluding hydrogens is 270 g/mol. The minimum Gasteiger partial charge on any atom is -0.354 e. The molecule has 20 heavy (non-hydrogen) atoms. The van der Waals surface area contributed by atoms with Gasteiger partial charge in [-0.25, -0.2) is 4.98 Å². The third-order valence-corrected chi connectivity index (χ3v) is 4.18. The molecule has 1 saturated heterocycles. The summed E-state index contributed by atoms with van der Waals surface area (Å²) >= 11 is 6.28. The average molecular weight is 296 g/mol. The maximum absolute atomic E-state index is 6.28. The van der Waals surface area contributed by atoms with Gasteiger partial charge in [-0.15, -0.1) is 0 Å².